The van der Waals surface area contributed by atoms with Gasteiger partial charge in [-0.3, -0.25) is 0 Å². The third kappa shape index (κ3) is 5.57. The van der Waals surface area contributed by atoms with Gasteiger partial charge in [-0.05, 0) is 55.9 Å². The lowest BCUT2D eigenvalue weighted by molar-refractivity contribution is -0.213. The number of amides is 2. The minimum atomic E-state index is -4.39. The zero-order valence-corrected chi connectivity index (χ0v) is 20.2. The number of carbonyl (C=O) groups is 1. The fraction of sp³-hybridized carbons (Fsp3) is 0.391. The number of nitrogens with one attached hydrogen (secondary N) is 2. The predicted molar refractivity (Wildman–Crippen MR) is 125 cm³/mol. The fourth-order valence-electron chi connectivity index (χ4n) is 3.26. The number of aromatic nitrogens is 3. The molecule has 0 unspecified atom stereocenters. The van der Waals surface area contributed by atoms with Crippen LogP contribution < -0.4 is 10.6 Å². The lowest BCUT2D eigenvalue weighted by Gasteiger charge is -2.27. The van der Waals surface area contributed by atoms with E-state index in [1.807, 2.05) is 12.3 Å². The largest absolute Gasteiger partial charge is 0.394 e. The van der Waals surface area contributed by atoms with Crippen LogP contribution in [0, 0.1) is 25.1 Å². The van der Waals surface area contributed by atoms with Gasteiger partial charge in [0.1, 0.15) is 5.82 Å². The Morgan fingerprint density at radius 2 is 1.79 bits per heavy atom. The maximum absolute atomic E-state index is 14.6. The maximum Gasteiger partial charge on any atom is 0.394 e. The van der Waals surface area contributed by atoms with Crippen molar-refractivity contribution < 1.29 is 22.4 Å². The number of carbonyl (C=O) groups excluding carboxylic acids is 1. The molecule has 11 heteroatoms. The normalized spacial score (nSPS) is 12.1. The monoisotopic (exact) mass is 495 g/mol. The molecule has 3 aromatic rings. The number of benzene rings is 1. The highest BCUT2D eigenvalue weighted by Gasteiger charge is 2.46. The molecule has 2 aromatic heterocycles. The zero-order chi connectivity index (χ0) is 25.3. The first-order chi connectivity index (χ1) is 15.8. The van der Waals surface area contributed by atoms with Crippen LogP contribution in [0.25, 0.3) is 22.2 Å². The number of halogens is 4. The molecule has 0 saturated carbocycles. The minimum Gasteiger partial charge on any atom is -0.338 e. The lowest BCUT2D eigenvalue weighted by Crippen LogP contribution is -2.37. The van der Waals surface area contributed by atoms with Crippen molar-refractivity contribution in [3.8, 4) is 11.1 Å². The molecule has 6 nitrogen and oxygen atoms in total. The number of hydrogen-bond acceptors (Lipinski definition) is 5. The van der Waals surface area contributed by atoms with E-state index in [9.17, 15) is 22.4 Å². The number of rotatable bonds is 6. The van der Waals surface area contributed by atoms with E-state index in [0.29, 0.717) is 33.0 Å². The van der Waals surface area contributed by atoms with E-state index in [4.69, 9.17) is 0 Å². The van der Waals surface area contributed by atoms with E-state index in [1.54, 1.807) is 20.0 Å². The molecular formula is C23H25F4N5OS. The Balaban J connectivity index is 1.83. The van der Waals surface area contributed by atoms with Crippen molar-refractivity contribution in [1.82, 2.24) is 20.3 Å². The number of thioether (sulfide) groups is 1. The summed E-state index contributed by atoms with van der Waals surface area (Å²) in [5, 5.41) is 6.06. The number of urea groups is 1. The molecule has 0 aliphatic rings. The summed E-state index contributed by atoms with van der Waals surface area (Å²) in [4.78, 5) is 25.4. The Bertz CT molecular complexity index is 1230. The summed E-state index contributed by atoms with van der Waals surface area (Å²) in [7, 11) is 0. The Kier molecular flexibility index (Phi) is 7.35. The van der Waals surface area contributed by atoms with Crippen molar-refractivity contribution in [1.29, 1.82) is 0 Å². The maximum atomic E-state index is 14.6. The molecule has 0 bridgehead atoms. The van der Waals surface area contributed by atoms with Crippen molar-refractivity contribution in [2.24, 2.45) is 5.41 Å². The highest BCUT2D eigenvalue weighted by molar-refractivity contribution is 7.98. The SMILES string of the molecule is CSc1ncc2cc(-c3cc(NC(=O)NCCC(C)(C)C(F)(F)F)c(F)cc3C)c(C)nc2n1. The summed E-state index contributed by atoms with van der Waals surface area (Å²) in [6.45, 7) is 5.44. The third-order valence-corrected chi connectivity index (χ3v) is 6.14. The van der Waals surface area contributed by atoms with Crippen LogP contribution in [-0.2, 0) is 0 Å². The van der Waals surface area contributed by atoms with Gasteiger partial charge in [-0.1, -0.05) is 25.6 Å². The van der Waals surface area contributed by atoms with Gasteiger partial charge in [-0.2, -0.15) is 13.2 Å². The molecule has 34 heavy (non-hydrogen) atoms. The first-order valence-corrected chi connectivity index (χ1v) is 11.7. The molecule has 0 radical (unpaired) electrons. The predicted octanol–water partition coefficient (Wildman–Crippen LogP) is 6.27. The molecule has 1 aromatic carbocycles. The highest BCUT2D eigenvalue weighted by Crippen LogP contribution is 2.40. The van der Waals surface area contributed by atoms with Gasteiger partial charge >= 0.3 is 12.2 Å². The first kappa shape index (κ1) is 25.7. The number of pyridine rings is 1. The molecule has 0 saturated heterocycles. The summed E-state index contributed by atoms with van der Waals surface area (Å²) in [6.07, 6.45) is -1.17. The lowest BCUT2D eigenvalue weighted by atomic mass is 9.89. The second-order valence-electron chi connectivity index (χ2n) is 8.55. The number of hydrogen-bond donors (Lipinski definition) is 2. The van der Waals surface area contributed by atoms with E-state index >= 15 is 0 Å². The molecule has 3 rings (SSSR count). The van der Waals surface area contributed by atoms with Gasteiger partial charge in [0.05, 0.1) is 11.1 Å². The van der Waals surface area contributed by atoms with E-state index in [2.05, 4.69) is 25.6 Å². The smallest absolute Gasteiger partial charge is 0.338 e. The van der Waals surface area contributed by atoms with Crippen LogP contribution in [0.5, 0.6) is 0 Å². The Morgan fingerprint density at radius 1 is 1.09 bits per heavy atom. The second-order valence-corrected chi connectivity index (χ2v) is 9.32. The van der Waals surface area contributed by atoms with Crippen molar-refractivity contribution in [2.45, 2.75) is 45.4 Å². The van der Waals surface area contributed by atoms with E-state index in [0.717, 1.165) is 19.4 Å². The average molecular weight is 496 g/mol. The quantitative estimate of drug-likeness (QED) is 0.239. The van der Waals surface area contributed by atoms with Crippen LogP contribution in [0.1, 0.15) is 31.5 Å². The molecule has 0 fully saturated rings. The van der Waals surface area contributed by atoms with E-state index in [-0.39, 0.29) is 18.7 Å². The molecule has 0 aliphatic heterocycles. The molecule has 2 N–H and O–H groups in total. The van der Waals surface area contributed by atoms with Crippen molar-refractivity contribution >= 4 is 34.5 Å². The number of nitrogens with zero attached hydrogens (tertiary/aromatic N) is 3. The van der Waals surface area contributed by atoms with Crippen LogP contribution in [-0.4, -0.2) is 40.0 Å². The van der Waals surface area contributed by atoms with Crippen LogP contribution in [0.2, 0.25) is 0 Å². The van der Waals surface area contributed by atoms with Crippen molar-refractivity contribution in [2.75, 3.05) is 18.1 Å². The van der Waals surface area contributed by atoms with Crippen LogP contribution in [0.4, 0.5) is 28.0 Å². The Morgan fingerprint density at radius 3 is 2.44 bits per heavy atom. The summed E-state index contributed by atoms with van der Waals surface area (Å²) in [5.74, 6) is -0.661. The highest BCUT2D eigenvalue weighted by atomic mass is 32.2. The van der Waals surface area contributed by atoms with Gasteiger partial charge in [-0.25, -0.2) is 24.1 Å². The second kappa shape index (κ2) is 9.73. The molecule has 0 spiro atoms. The standard InChI is InChI=1S/C23H25F4N5OS/c1-12-8-17(24)18(31-20(33)28-7-6-22(3,4)23(25,26)27)10-15(12)16-9-14-11-29-21(34-5)32-19(14)30-13(16)2/h8-11H,6-7H2,1-5H3,(H2,28,31,33). The summed E-state index contributed by atoms with van der Waals surface area (Å²) >= 11 is 1.40. The van der Waals surface area contributed by atoms with Crippen LogP contribution >= 0.6 is 11.8 Å². The van der Waals surface area contributed by atoms with E-state index < -0.39 is 23.4 Å². The zero-order valence-electron chi connectivity index (χ0n) is 19.4. The molecule has 0 atom stereocenters. The van der Waals surface area contributed by atoms with E-state index in [1.165, 1.54) is 23.9 Å². The number of fused-ring (bicyclic) bond motifs is 1. The first-order valence-electron chi connectivity index (χ1n) is 10.4. The minimum absolute atomic E-state index is 0.0957. The van der Waals surface area contributed by atoms with Crippen molar-refractivity contribution in [3.63, 3.8) is 0 Å². The van der Waals surface area contributed by atoms with Gasteiger partial charge in [0.2, 0.25) is 0 Å². The van der Waals surface area contributed by atoms with Crippen LogP contribution in [0.15, 0.2) is 29.6 Å². The van der Waals surface area contributed by atoms with Gasteiger partial charge in [0.15, 0.2) is 10.8 Å². The number of anilines is 1. The summed E-state index contributed by atoms with van der Waals surface area (Å²) in [6, 6.07) is 3.83. The van der Waals surface area contributed by atoms with Gasteiger partial charge in [0, 0.05) is 29.4 Å². The van der Waals surface area contributed by atoms with Crippen LogP contribution in [0.3, 0.4) is 0 Å². The molecule has 2 amide bonds. The number of alkyl halides is 3. The van der Waals surface area contributed by atoms with Gasteiger partial charge < -0.3 is 10.6 Å². The van der Waals surface area contributed by atoms with Gasteiger partial charge in [0.25, 0.3) is 0 Å². The molecule has 2 heterocycles. The summed E-state index contributed by atoms with van der Waals surface area (Å²) < 4.78 is 53.5. The molecule has 182 valence electrons. The van der Waals surface area contributed by atoms with Crippen molar-refractivity contribution in [3.05, 3.63) is 41.5 Å². The number of aryl methyl sites for hydroxylation is 2. The molecule has 0 aliphatic carbocycles. The molecular weight excluding hydrogens is 470 g/mol. The van der Waals surface area contributed by atoms with Gasteiger partial charge in [-0.15, -0.1) is 0 Å². The fourth-order valence-corrected chi connectivity index (χ4v) is 3.60. The Labute approximate surface area is 199 Å². The topological polar surface area (TPSA) is 79.8 Å². The average Bonchev–Trinajstić information content (AvgIpc) is 2.74. The Hall–Kier alpha value is -2.95. The summed E-state index contributed by atoms with van der Waals surface area (Å²) in [5.41, 5.74) is 1.15. The third-order valence-electron chi connectivity index (χ3n) is 5.57.